The second kappa shape index (κ2) is 10.2. The van der Waals surface area contributed by atoms with Gasteiger partial charge >= 0.3 is 6.03 Å². The van der Waals surface area contributed by atoms with Crippen molar-refractivity contribution in [1.29, 1.82) is 0 Å². The summed E-state index contributed by atoms with van der Waals surface area (Å²) in [5.74, 6) is 0.0993. The number of fused-ring (bicyclic) bond motifs is 1. The molecular formula is C28H34N4O4. The average molecular weight is 491 g/mol. The summed E-state index contributed by atoms with van der Waals surface area (Å²) in [5.41, 5.74) is 2.44. The number of carbonyl (C=O) groups is 3. The number of nitrogens with one attached hydrogen (secondary N) is 2. The van der Waals surface area contributed by atoms with E-state index in [1.54, 1.807) is 18.2 Å². The van der Waals surface area contributed by atoms with Crippen molar-refractivity contribution in [1.82, 2.24) is 10.2 Å². The molecule has 0 aromatic heterocycles. The Morgan fingerprint density at radius 3 is 2.64 bits per heavy atom. The topological polar surface area (TPSA) is 91.0 Å². The second-order valence-electron chi connectivity index (χ2n) is 10.3. The lowest BCUT2D eigenvalue weighted by Gasteiger charge is -2.41. The number of benzene rings is 2. The van der Waals surface area contributed by atoms with Gasteiger partial charge < -0.3 is 20.3 Å². The molecule has 1 aliphatic carbocycles. The molecule has 2 aliphatic heterocycles. The summed E-state index contributed by atoms with van der Waals surface area (Å²) in [5, 5.41) is 5.52. The van der Waals surface area contributed by atoms with E-state index in [-0.39, 0.29) is 30.4 Å². The molecule has 2 N–H and O–H groups in total. The Hall–Kier alpha value is -3.55. The molecule has 36 heavy (non-hydrogen) atoms. The molecule has 1 spiro atoms. The van der Waals surface area contributed by atoms with Crippen molar-refractivity contribution in [3.63, 3.8) is 0 Å². The number of para-hydroxylation sites is 2. The number of ether oxygens (including phenoxy) is 1. The van der Waals surface area contributed by atoms with Crippen molar-refractivity contribution in [2.24, 2.45) is 5.41 Å². The highest BCUT2D eigenvalue weighted by molar-refractivity contribution is 6.05. The van der Waals surface area contributed by atoms with E-state index in [0.717, 1.165) is 25.1 Å². The molecule has 0 unspecified atom stereocenters. The van der Waals surface area contributed by atoms with Gasteiger partial charge in [0.05, 0.1) is 5.69 Å². The van der Waals surface area contributed by atoms with Crippen LogP contribution >= 0.6 is 0 Å². The summed E-state index contributed by atoms with van der Waals surface area (Å²) in [4.78, 5) is 43.2. The summed E-state index contributed by atoms with van der Waals surface area (Å²) < 4.78 is 5.91. The first-order valence-electron chi connectivity index (χ1n) is 12.9. The predicted molar refractivity (Wildman–Crippen MR) is 138 cm³/mol. The predicted octanol–water partition coefficient (Wildman–Crippen LogP) is 4.09. The molecule has 5 rings (SSSR count). The minimum atomic E-state index is -0.933. The first kappa shape index (κ1) is 24.2. The molecule has 1 saturated heterocycles. The van der Waals surface area contributed by atoms with E-state index in [2.05, 4.69) is 10.6 Å². The Balaban J connectivity index is 1.31. The molecule has 1 saturated carbocycles. The first-order chi connectivity index (χ1) is 17.4. The van der Waals surface area contributed by atoms with Gasteiger partial charge in [0.2, 0.25) is 5.91 Å². The lowest BCUT2D eigenvalue weighted by Crippen LogP contribution is -2.54. The highest BCUT2D eigenvalue weighted by atomic mass is 16.5. The zero-order chi connectivity index (χ0) is 25.1. The Morgan fingerprint density at radius 2 is 1.83 bits per heavy atom. The van der Waals surface area contributed by atoms with Crippen LogP contribution in [0.3, 0.4) is 0 Å². The summed E-state index contributed by atoms with van der Waals surface area (Å²) in [7, 11) is 0. The number of piperidine rings is 1. The van der Waals surface area contributed by atoms with Gasteiger partial charge in [-0.05, 0) is 67.9 Å². The largest absolute Gasteiger partial charge is 0.489 e. The number of anilines is 2. The summed E-state index contributed by atoms with van der Waals surface area (Å²) in [6.45, 7) is 3.34. The van der Waals surface area contributed by atoms with Gasteiger partial charge in [0.15, 0.2) is 0 Å². The van der Waals surface area contributed by atoms with E-state index in [9.17, 15) is 14.4 Å². The van der Waals surface area contributed by atoms with Crippen molar-refractivity contribution in [2.75, 3.05) is 36.5 Å². The highest BCUT2D eigenvalue weighted by Gasteiger charge is 2.40. The van der Waals surface area contributed by atoms with Gasteiger partial charge in [0, 0.05) is 18.8 Å². The van der Waals surface area contributed by atoms with Gasteiger partial charge in [-0.25, -0.2) is 4.79 Å². The molecule has 2 heterocycles. The van der Waals surface area contributed by atoms with Crippen molar-refractivity contribution in [3.8, 4) is 5.75 Å². The maximum atomic E-state index is 13.7. The van der Waals surface area contributed by atoms with E-state index in [4.69, 9.17) is 4.74 Å². The summed E-state index contributed by atoms with van der Waals surface area (Å²) in [6.07, 6.45) is 7.00. The Bertz CT molecular complexity index is 1140. The van der Waals surface area contributed by atoms with Crippen LogP contribution in [0.1, 0.15) is 44.1 Å². The van der Waals surface area contributed by atoms with Crippen molar-refractivity contribution < 1.29 is 19.1 Å². The molecule has 8 heteroatoms. The molecule has 2 aromatic rings. The molecule has 1 atom stereocenters. The number of amides is 4. The van der Waals surface area contributed by atoms with Crippen LogP contribution in [0.25, 0.3) is 0 Å². The Kier molecular flexibility index (Phi) is 6.85. The third-order valence-corrected chi connectivity index (χ3v) is 7.68. The number of nitrogens with zero attached hydrogens (tertiary/aromatic N) is 2. The van der Waals surface area contributed by atoms with E-state index >= 15 is 0 Å². The van der Waals surface area contributed by atoms with Crippen LogP contribution in [0, 0.1) is 12.3 Å². The number of rotatable bonds is 4. The fourth-order valence-corrected chi connectivity index (χ4v) is 5.86. The molecule has 0 bridgehead atoms. The number of urea groups is 1. The van der Waals surface area contributed by atoms with Crippen LogP contribution in [0.4, 0.5) is 16.2 Å². The maximum Gasteiger partial charge on any atom is 0.320 e. The van der Waals surface area contributed by atoms with Gasteiger partial charge in [0.25, 0.3) is 5.91 Å². The molecule has 3 aliphatic rings. The third kappa shape index (κ3) is 5.17. The standard InChI is InChI=1S/C28H34N4O4/c1-20-8-6-9-21(16-20)29-27(35)30-22-18-36-24-11-3-2-10-23(24)32(26(22)34)17-25(33)31-15-7-14-28(19-31)12-4-5-13-28/h2-3,6,8-11,16,22H,4-5,7,12-15,17-19H2,1H3,(H2,29,30,35)/t22-/m1/s1. The zero-order valence-corrected chi connectivity index (χ0v) is 20.8. The molecule has 190 valence electrons. The van der Waals surface area contributed by atoms with Crippen molar-refractivity contribution in [2.45, 2.75) is 51.5 Å². The number of aryl methyl sites for hydroxylation is 1. The lowest BCUT2D eigenvalue weighted by molar-refractivity contribution is -0.134. The van der Waals surface area contributed by atoms with Gasteiger partial charge in [-0.1, -0.05) is 37.1 Å². The number of carbonyl (C=O) groups excluding carboxylic acids is 3. The summed E-state index contributed by atoms with van der Waals surface area (Å²) in [6, 6.07) is 13.2. The molecular weight excluding hydrogens is 456 g/mol. The lowest BCUT2D eigenvalue weighted by atomic mass is 9.78. The van der Waals surface area contributed by atoms with Gasteiger partial charge in [-0.15, -0.1) is 0 Å². The molecule has 4 amide bonds. The molecule has 2 aromatic carbocycles. The third-order valence-electron chi connectivity index (χ3n) is 7.68. The van der Waals surface area contributed by atoms with Crippen LogP contribution in [-0.2, 0) is 9.59 Å². The second-order valence-corrected chi connectivity index (χ2v) is 10.3. The highest BCUT2D eigenvalue weighted by Crippen LogP contribution is 2.44. The van der Waals surface area contributed by atoms with Crippen LogP contribution in [0.2, 0.25) is 0 Å². The van der Waals surface area contributed by atoms with Gasteiger partial charge in [0.1, 0.15) is 24.9 Å². The van der Waals surface area contributed by atoms with Crippen LogP contribution in [-0.4, -0.2) is 55.0 Å². The number of hydrogen-bond acceptors (Lipinski definition) is 4. The fraction of sp³-hybridized carbons (Fsp3) is 0.464. The minimum Gasteiger partial charge on any atom is -0.489 e. The molecule has 2 fully saturated rings. The SMILES string of the molecule is Cc1cccc(NC(=O)N[C@@H]2COc3ccccc3N(CC(=O)N3CCCC4(CCCC4)C3)C2=O)c1. The van der Waals surface area contributed by atoms with E-state index in [0.29, 0.717) is 17.1 Å². The minimum absolute atomic E-state index is 0.0192. The summed E-state index contributed by atoms with van der Waals surface area (Å²) >= 11 is 0. The number of hydrogen-bond donors (Lipinski definition) is 2. The Labute approximate surface area is 212 Å². The average Bonchev–Trinajstić information content (AvgIpc) is 3.27. The number of likely N-dealkylation sites (tertiary alicyclic amines) is 1. The van der Waals surface area contributed by atoms with Crippen LogP contribution in [0.15, 0.2) is 48.5 Å². The first-order valence-corrected chi connectivity index (χ1v) is 12.9. The zero-order valence-electron chi connectivity index (χ0n) is 20.8. The van der Waals surface area contributed by atoms with Crippen LogP contribution < -0.4 is 20.3 Å². The maximum absolute atomic E-state index is 13.7. The van der Waals surface area contributed by atoms with Crippen molar-refractivity contribution in [3.05, 3.63) is 54.1 Å². The van der Waals surface area contributed by atoms with E-state index in [1.807, 2.05) is 42.2 Å². The van der Waals surface area contributed by atoms with E-state index in [1.165, 1.54) is 37.0 Å². The van der Waals surface area contributed by atoms with E-state index < -0.39 is 12.1 Å². The normalized spacial score (nSPS) is 20.9. The Morgan fingerprint density at radius 1 is 1.06 bits per heavy atom. The quantitative estimate of drug-likeness (QED) is 0.675. The smallest absolute Gasteiger partial charge is 0.320 e. The van der Waals surface area contributed by atoms with Gasteiger partial charge in [-0.3, -0.25) is 14.5 Å². The fourth-order valence-electron chi connectivity index (χ4n) is 5.86. The molecule has 8 nitrogen and oxygen atoms in total. The van der Waals surface area contributed by atoms with Crippen LogP contribution in [0.5, 0.6) is 5.75 Å². The monoisotopic (exact) mass is 490 g/mol. The van der Waals surface area contributed by atoms with Crippen molar-refractivity contribution >= 4 is 29.2 Å². The van der Waals surface area contributed by atoms with Gasteiger partial charge in [-0.2, -0.15) is 0 Å². The molecule has 0 radical (unpaired) electrons.